The van der Waals surface area contributed by atoms with E-state index >= 15 is 0 Å². The number of hydrogen-bond donors (Lipinski definition) is 4. The van der Waals surface area contributed by atoms with Crippen LogP contribution in [0.2, 0.25) is 0 Å². The first-order valence-corrected chi connectivity index (χ1v) is 9.21. The van der Waals surface area contributed by atoms with Crippen LogP contribution in [-0.2, 0) is 11.3 Å². The van der Waals surface area contributed by atoms with Crippen molar-refractivity contribution in [2.75, 3.05) is 11.9 Å². The van der Waals surface area contributed by atoms with Crippen LogP contribution in [0.4, 0.5) is 5.95 Å². The fourth-order valence-electron chi connectivity index (χ4n) is 3.12. The summed E-state index contributed by atoms with van der Waals surface area (Å²) in [6, 6.07) is 7.57. The maximum absolute atomic E-state index is 12.3. The van der Waals surface area contributed by atoms with Crippen molar-refractivity contribution < 1.29 is 9.90 Å². The Bertz CT molecular complexity index is 1320. The van der Waals surface area contributed by atoms with Gasteiger partial charge in [0.15, 0.2) is 11.5 Å². The molecule has 3 aromatic heterocycles. The molecule has 0 fully saturated rings. The van der Waals surface area contributed by atoms with Gasteiger partial charge in [0, 0.05) is 30.2 Å². The summed E-state index contributed by atoms with van der Waals surface area (Å²) in [6.07, 6.45) is 8.06. The Morgan fingerprint density at radius 3 is 2.97 bits per heavy atom. The normalized spacial score (nSPS) is 13.8. The summed E-state index contributed by atoms with van der Waals surface area (Å²) in [6.45, 7) is 0.372. The third-order valence-corrected chi connectivity index (χ3v) is 4.51. The molecule has 0 aliphatic carbocycles. The van der Waals surface area contributed by atoms with Crippen molar-refractivity contribution in [1.29, 1.82) is 0 Å². The standard InChI is InChI=1S/C19H17N9O2/c29-8-7-27-11-12(9-22-27)16-25-17-13-3-1-2-4-14(13)23-19(28(17)26-16)24-15-10-20-5-6-21-18(15)30/h1-6,9-11,20,29H,7-8H2,(H,21,30)(H,23,24). The summed E-state index contributed by atoms with van der Waals surface area (Å²) in [7, 11) is 0. The van der Waals surface area contributed by atoms with Gasteiger partial charge in [-0.15, -0.1) is 5.10 Å². The van der Waals surface area contributed by atoms with Crippen LogP contribution in [0.3, 0.4) is 0 Å². The van der Waals surface area contributed by atoms with E-state index in [-0.39, 0.29) is 18.2 Å². The Hall–Kier alpha value is -4.25. The molecule has 4 heterocycles. The molecular formula is C19H17N9O2. The number of benzene rings is 1. The molecular weight excluding hydrogens is 386 g/mol. The van der Waals surface area contributed by atoms with Crippen LogP contribution in [0.1, 0.15) is 0 Å². The predicted octanol–water partition coefficient (Wildman–Crippen LogP) is 0.577. The molecule has 0 atom stereocenters. The Morgan fingerprint density at radius 2 is 2.07 bits per heavy atom. The number of aromatic nitrogens is 6. The first-order chi connectivity index (χ1) is 14.7. The van der Waals surface area contributed by atoms with Crippen LogP contribution in [-0.4, -0.2) is 47.0 Å². The summed E-state index contributed by atoms with van der Waals surface area (Å²) < 4.78 is 3.18. The number of para-hydroxylation sites is 1. The van der Waals surface area contributed by atoms with Crippen LogP contribution >= 0.6 is 0 Å². The lowest BCUT2D eigenvalue weighted by molar-refractivity contribution is -0.116. The first kappa shape index (κ1) is 17.8. The third kappa shape index (κ3) is 3.12. The number of hydrogen-bond acceptors (Lipinski definition) is 8. The molecule has 150 valence electrons. The van der Waals surface area contributed by atoms with E-state index in [1.165, 1.54) is 12.4 Å². The van der Waals surface area contributed by atoms with Crippen molar-refractivity contribution >= 4 is 28.4 Å². The second-order valence-electron chi connectivity index (χ2n) is 6.50. The molecule has 0 radical (unpaired) electrons. The van der Waals surface area contributed by atoms with E-state index in [0.29, 0.717) is 35.0 Å². The topological polar surface area (TPSA) is 134 Å². The molecule has 0 unspecified atom stereocenters. The second kappa shape index (κ2) is 7.29. The van der Waals surface area contributed by atoms with Gasteiger partial charge in [-0.2, -0.15) is 9.61 Å². The molecule has 30 heavy (non-hydrogen) atoms. The van der Waals surface area contributed by atoms with Gasteiger partial charge in [0.2, 0.25) is 5.95 Å². The molecule has 0 saturated heterocycles. The fraction of sp³-hybridized carbons (Fsp3) is 0.105. The predicted molar refractivity (Wildman–Crippen MR) is 109 cm³/mol. The molecule has 5 rings (SSSR count). The highest BCUT2D eigenvalue weighted by Crippen LogP contribution is 2.24. The number of fused-ring (bicyclic) bond motifs is 3. The zero-order valence-corrected chi connectivity index (χ0v) is 15.6. The van der Waals surface area contributed by atoms with Crippen molar-refractivity contribution in [3.8, 4) is 11.4 Å². The Morgan fingerprint density at radius 1 is 1.17 bits per heavy atom. The molecule has 0 spiro atoms. The number of anilines is 1. The average molecular weight is 403 g/mol. The highest BCUT2D eigenvalue weighted by atomic mass is 16.3. The summed E-state index contributed by atoms with van der Waals surface area (Å²) in [5.74, 6) is 0.486. The number of amides is 1. The fourth-order valence-corrected chi connectivity index (χ4v) is 3.12. The van der Waals surface area contributed by atoms with E-state index in [1.54, 1.807) is 27.8 Å². The minimum absolute atomic E-state index is 0.0115. The minimum Gasteiger partial charge on any atom is -0.394 e. The number of aliphatic hydroxyl groups excluding tert-OH is 1. The number of nitrogens with one attached hydrogen (secondary N) is 3. The Labute approximate surface area is 169 Å². The lowest BCUT2D eigenvalue weighted by Crippen LogP contribution is -2.24. The van der Waals surface area contributed by atoms with Crippen LogP contribution in [0.25, 0.3) is 27.9 Å². The summed E-state index contributed by atoms with van der Waals surface area (Å²) in [5, 5.41) is 27.3. The molecule has 4 N–H and O–H groups in total. The second-order valence-corrected chi connectivity index (χ2v) is 6.50. The average Bonchev–Trinajstić information content (AvgIpc) is 3.35. The molecule has 11 heteroatoms. The maximum atomic E-state index is 12.3. The number of rotatable bonds is 5. The lowest BCUT2D eigenvalue weighted by Gasteiger charge is -2.10. The molecule has 1 aliphatic heterocycles. The quantitative estimate of drug-likeness (QED) is 0.380. The lowest BCUT2D eigenvalue weighted by atomic mass is 10.2. The molecule has 11 nitrogen and oxygen atoms in total. The van der Waals surface area contributed by atoms with Gasteiger partial charge in [0.05, 0.1) is 30.4 Å². The summed E-state index contributed by atoms with van der Waals surface area (Å²) >= 11 is 0. The maximum Gasteiger partial charge on any atom is 0.273 e. The number of carbonyl (C=O) groups is 1. The molecule has 1 amide bonds. The highest BCUT2D eigenvalue weighted by molar-refractivity contribution is 5.98. The zero-order valence-electron chi connectivity index (χ0n) is 15.6. The van der Waals surface area contributed by atoms with Crippen molar-refractivity contribution in [2.24, 2.45) is 0 Å². The number of carbonyl (C=O) groups excluding carboxylic acids is 1. The van der Waals surface area contributed by atoms with Gasteiger partial charge in [-0.3, -0.25) is 9.48 Å². The van der Waals surface area contributed by atoms with E-state index in [1.807, 2.05) is 24.3 Å². The van der Waals surface area contributed by atoms with Gasteiger partial charge in [0.1, 0.15) is 5.70 Å². The van der Waals surface area contributed by atoms with E-state index in [4.69, 9.17) is 5.11 Å². The summed E-state index contributed by atoms with van der Waals surface area (Å²) in [5.41, 5.74) is 2.29. The molecule has 0 saturated carbocycles. The van der Waals surface area contributed by atoms with Crippen LogP contribution in [0, 0.1) is 0 Å². The van der Waals surface area contributed by atoms with Crippen molar-refractivity contribution in [1.82, 2.24) is 40.0 Å². The van der Waals surface area contributed by atoms with E-state index in [0.717, 1.165) is 5.39 Å². The van der Waals surface area contributed by atoms with Gasteiger partial charge >= 0.3 is 0 Å². The highest BCUT2D eigenvalue weighted by Gasteiger charge is 2.18. The minimum atomic E-state index is -0.315. The molecule has 1 aromatic carbocycles. The van der Waals surface area contributed by atoms with E-state index in [9.17, 15) is 4.79 Å². The smallest absolute Gasteiger partial charge is 0.273 e. The Kier molecular flexibility index (Phi) is 4.33. The Balaban J connectivity index is 1.64. The monoisotopic (exact) mass is 403 g/mol. The van der Waals surface area contributed by atoms with Crippen molar-refractivity contribution in [2.45, 2.75) is 6.54 Å². The van der Waals surface area contributed by atoms with Crippen LogP contribution in [0.15, 0.2) is 61.0 Å². The third-order valence-electron chi connectivity index (χ3n) is 4.51. The molecule has 4 aromatic rings. The van der Waals surface area contributed by atoms with Crippen LogP contribution < -0.4 is 16.0 Å². The van der Waals surface area contributed by atoms with Crippen molar-refractivity contribution in [3.63, 3.8) is 0 Å². The first-order valence-electron chi connectivity index (χ1n) is 9.21. The van der Waals surface area contributed by atoms with Gasteiger partial charge in [-0.05, 0) is 12.1 Å². The number of aliphatic hydroxyl groups is 1. The molecule has 1 aliphatic rings. The van der Waals surface area contributed by atoms with Crippen LogP contribution in [0.5, 0.6) is 0 Å². The van der Waals surface area contributed by atoms with E-state index < -0.39 is 0 Å². The van der Waals surface area contributed by atoms with Gasteiger partial charge in [0.25, 0.3) is 5.91 Å². The number of nitrogens with zero attached hydrogens (tertiary/aromatic N) is 6. The van der Waals surface area contributed by atoms with Gasteiger partial charge in [-0.25, -0.2) is 9.97 Å². The zero-order chi connectivity index (χ0) is 20.5. The van der Waals surface area contributed by atoms with Gasteiger partial charge in [-0.1, -0.05) is 12.1 Å². The van der Waals surface area contributed by atoms with Crippen molar-refractivity contribution in [3.05, 3.63) is 61.0 Å². The largest absolute Gasteiger partial charge is 0.394 e. The van der Waals surface area contributed by atoms with Gasteiger partial charge < -0.3 is 21.1 Å². The summed E-state index contributed by atoms with van der Waals surface area (Å²) in [4.78, 5) is 21.6. The SMILES string of the molecule is O=C1NC=CNC=C1Nc1nc2ccccc2c2nc(-c3cnn(CCO)c3)nn12. The molecule has 0 bridgehead atoms. The van der Waals surface area contributed by atoms with E-state index in [2.05, 4.69) is 36.1 Å².